The van der Waals surface area contributed by atoms with Crippen molar-refractivity contribution in [2.45, 2.75) is 284 Å². The van der Waals surface area contributed by atoms with Crippen LogP contribution < -0.4 is 10.4 Å². The molecular weight excluding hydrogens is 909 g/mol. The average Bonchev–Trinajstić information content (AvgIpc) is 3.27. The van der Waals surface area contributed by atoms with Crippen LogP contribution in [0.25, 0.3) is 0 Å². The Morgan fingerprint density at radius 3 is 1.06 bits per heavy atom. The van der Waals surface area contributed by atoms with E-state index < -0.39 is 26.0 Å². The molecular formula is C54H104CaN2O8S2. The molecule has 0 aliphatic heterocycles. The molecule has 0 fully saturated rings. The van der Waals surface area contributed by atoms with Crippen LogP contribution in [-0.2, 0) is 25.0 Å². The molecule has 0 saturated carbocycles. The van der Waals surface area contributed by atoms with Gasteiger partial charge in [0.05, 0.1) is 15.9 Å². The first-order valence-electron chi connectivity index (χ1n) is 27.6. The zero-order valence-corrected chi connectivity index (χ0v) is 47.5. The maximum atomic E-state index is 11.6. The van der Waals surface area contributed by atoms with Gasteiger partial charge in [-0.3, -0.25) is 9.35 Å². The van der Waals surface area contributed by atoms with Crippen LogP contribution in [0.15, 0.2) is 29.3 Å². The van der Waals surface area contributed by atoms with Gasteiger partial charge >= 0.3 is 37.7 Å². The van der Waals surface area contributed by atoms with Gasteiger partial charge in [0.15, 0.2) is 0 Å². The monoisotopic (exact) mass is 1010 g/mol. The molecule has 0 bridgehead atoms. The first-order chi connectivity index (χ1) is 31.9. The normalized spacial score (nSPS) is 12.1. The molecule has 0 aromatic carbocycles. The molecule has 1 amide bonds. The Bertz CT molecular complexity index is 1340. The third-order valence-corrected chi connectivity index (χ3v) is 13.8. The fraction of sp³-hybridized carbons (Fsp3) is 0.889. The standard InChI is InChI=1S/2C27H53NO4S.Ca/c2*1-2-3-4-5-6-7-8-9-10-11-12-13-14-15-16-17-18-19-20-21-22-24-27(29)28-25-23-26-33(30,31)32;/h2*22,24H,2-21,23,25-26H2,1H3,(H,28,29)(H,30,31,32);/q;;+2/p-2/b2*24-22+;. The number of carbonyl (C=O) groups is 1. The topological polar surface area (TPSA) is 176 Å². The van der Waals surface area contributed by atoms with E-state index in [1.807, 2.05) is 12.2 Å². The average molecular weight is 1010 g/mol. The van der Waals surface area contributed by atoms with Crippen LogP contribution in [0.2, 0.25) is 0 Å². The van der Waals surface area contributed by atoms with Crippen molar-refractivity contribution >= 4 is 69.8 Å². The fourth-order valence-corrected chi connectivity index (χ4v) is 9.06. The van der Waals surface area contributed by atoms with Gasteiger partial charge in [-0.05, 0) is 50.5 Å². The molecule has 0 aromatic heterocycles. The van der Waals surface area contributed by atoms with Gasteiger partial charge in [0.1, 0.15) is 0 Å². The Balaban J connectivity index is -0.00000120. The van der Waals surface area contributed by atoms with Crippen molar-refractivity contribution in [1.82, 2.24) is 5.32 Å². The predicted octanol–water partition coefficient (Wildman–Crippen LogP) is 14.4. The zero-order chi connectivity index (χ0) is 48.9. The van der Waals surface area contributed by atoms with Crippen LogP contribution in [0.5, 0.6) is 0 Å². The SMILES string of the molecule is CCCCCCCCCCCCCCCCCCCCC/C=C/C(=O)NCCCS(=O)(=O)O.CCCCCCCCCCCCCCCCCCCCC/C=C/C([O-])=NCCCS(=O)(=O)[O-].[Ca+2]. The van der Waals surface area contributed by atoms with Crippen LogP contribution >= 0.6 is 0 Å². The van der Waals surface area contributed by atoms with Gasteiger partial charge in [-0.25, -0.2) is 8.42 Å². The summed E-state index contributed by atoms with van der Waals surface area (Å²) >= 11 is 0. The van der Waals surface area contributed by atoms with Crippen molar-refractivity contribution < 1.29 is 35.8 Å². The molecule has 0 saturated heterocycles. The van der Waals surface area contributed by atoms with Crippen molar-refractivity contribution in [2.75, 3.05) is 24.6 Å². The van der Waals surface area contributed by atoms with Crippen LogP contribution in [0.1, 0.15) is 284 Å². The Morgan fingerprint density at radius 1 is 0.463 bits per heavy atom. The summed E-state index contributed by atoms with van der Waals surface area (Å²) in [6.07, 6.45) is 60.8. The van der Waals surface area contributed by atoms with Crippen LogP contribution in [0.3, 0.4) is 0 Å². The molecule has 0 aliphatic rings. The zero-order valence-electron chi connectivity index (χ0n) is 43.6. The van der Waals surface area contributed by atoms with E-state index in [1.54, 1.807) is 0 Å². The largest absolute Gasteiger partial charge is 2.00 e. The molecule has 0 radical (unpaired) electrons. The minimum absolute atomic E-state index is 0. The Kier molecular flexibility index (Phi) is 59.6. The molecule has 0 heterocycles. The second-order valence-corrected chi connectivity index (χ2v) is 22.0. The maximum absolute atomic E-state index is 11.6. The minimum Gasteiger partial charge on any atom is -0.859 e. The summed E-state index contributed by atoms with van der Waals surface area (Å²) in [4.78, 5) is 15.3. The number of nitrogens with zero attached hydrogens (tertiary/aromatic N) is 1. The van der Waals surface area contributed by atoms with Gasteiger partial charge in [-0.2, -0.15) is 8.42 Å². The number of aliphatic imine (C=N–C) groups is 1. The van der Waals surface area contributed by atoms with Gasteiger partial charge in [0.25, 0.3) is 10.1 Å². The van der Waals surface area contributed by atoms with E-state index in [2.05, 4.69) is 24.2 Å². The Labute approximate surface area is 444 Å². The number of rotatable bonds is 50. The van der Waals surface area contributed by atoms with Gasteiger partial charge in [0, 0.05) is 18.8 Å². The van der Waals surface area contributed by atoms with Crippen LogP contribution in [-0.4, -0.2) is 100 Å². The van der Waals surface area contributed by atoms with Gasteiger partial charge in [0.2, 0.25) is 5.91 Å². The van der Waals surface area contributed by atoms with E-state index in [-0.39, 0.29) is 81.2 Å². The molecule has 0 spiro atoms. The summed E-state index contributed by atoms with van der Waals surface area (Å²) in [5, 5.41) is 14.1. The van der Waals surface area contributed by atoms with Crippen molar-refractivity contribution in [2.24, 2.45) is 4.99 Å². The number of hydrogen-bond acceptors (Lipinski definition) is 8. The summed E-state index contributed by atoms with van der Waals surface area (Å²) in [6, 6.07) is 0. The first kappa shape index (κ1) is 70.8. The third-order valence-electron chi connectivity index (χ3n) is 12.2. The fourth-order valence-electron chi connectivity index (χ4n) is 8.06. The molecule has 0 aliphatic carbocycles. The van der Waals surface area contributed by atoms with Crippen molar-refractivity contribution in [3.8, 4) is 0 Å². The van der Waals surface area contributed by atoms with E-state index in [0.29, 0.717) is 0 Å². The molecule has 2 N–H and O–H groups in total. The summed E-state index contributed by atoms with van der Waals surface area (Å²) < 4.78 is 61.1. The number of hydrogen-bond donors (Lipinski definition) is 2. The van der Waals surface area contributed by atoms with E-state index in [4.69, 9.17) is 4.55 Å². The van der Waals surface area contributed by atoms with Gasteiger partial charge in [-0.15, -0.1) is 0 Å². The van der Waals surface area contributed by atoms with E-state index >= 15 is 0 Å². The molecule has 0 atom stereocenters. The molecule has 0 aromatic rings. The molecule has 13 heteroatoms. The number of unbranched alkanes of at least 4 members (excludes halogenated alkanes) is 38. The van der Waals surface area contributed by atoms with Crippen molar-refractivity contribution in [3.63, 3.8) is 0 Å². The van der Waals surface area contributed by atoms with E-state index in [1.165, 1.54) is 243 Å². The number of nitrogens with one attached hydrogen (secondary N) is 1. The number of amides is 1. The summed E-state index contributed by atoms with van der Waals surface area (Å²) in [7, 11) is -8.15. The number of allylic oxidation sites excluding steroid dienone is 2. The summed E-state index contributed by atoms with van der Waals surface area (Å²) in [5.74, 6) is -1.34. The Morgan fingerprint density at radius 2 is 0.761 bits per heavy atom. The van der Waals surface area contributed by atoms with E-state index in [0.717, 1.165) is 25.7 Å². The quantitative estimate of drug-likeness (QED) is 0.0151. The second kappa shape index (κ2) is 56.4. The van der Waals surface area contributed by atoms with Crippen molar-refractivity contribution in [3.05, 3.63) is 24.3 Å². The van der Waals surface area contributed by atoms with Crippen LogP contribution in [0.4, 0.5) is 0 Å². The molecule has 10 nitrogen and oxygen atoms in total. The third kappa shape index (κ3) is 69.8. The minimum atomic E-state index is -4.21. The summed E-state index contributed by atoms with van der Waals surface area (Å²) in [6.45, 7) is 4.90. The van der Waals surface area contributed by atoms with Gasteiger partial charge in [-0.1, -0.05) is 263 Å². The number of carbonyl (C=O) groups excluding carboxylic acids is 1. The smallest absolute Gasteiger partial charge is 0.859 e. The molecule has 392 valence electrons. The Hall–Kier alpha value is -0.500. The first-order valence-corrected chi connectivity index (χ1v) is 30.8. The predicted molar refractivity (Wildman–Crippen MR) is 286 cm³/mol. The van der Waals surface area contributed by atoms with E-state index in [9.17, 15) is 31.3 Å². The van der Waals surface area contributed by atoms with Crippen molar-refractivity contribution in [1.29, 1.82) is 0 Å². The molecule has 67 heavy (non-hydrogen) atoms. The maximum Gasteiger partial charge on any atom is 2.00 e. The van der Waals surface area contributed by atoms with Gasteiger partial charge < -0.3 is 20.0 Å². The van der Waals surface area contributed by atoms with Crippen LogP contribution in [0, 0.1) is 0 Å². The second-order valence-electron chi connectivity index (χ2n) is 18.9. The molecule has 0 rings (SSSR count). The molecule has 0 unspecified atom stereocenters. The summed E-state index contributed by atoms with van der Waals surface area (Å²) in [5.41, 5.74) is 0.